The van der Waals surface area contributed by atoms with Crippen LogP contribution in [0.4, 0.5) is 17.6 Å². The van der Waals surface area contributed by atoms with E-state index in [1.165, 1.54) is 0 Å². The van der Waals surface area contributed by atoms with Gasteiger partial charge in [-0.15, -0.1) is 12.6 Å². The van der Waals surface area contributed by atoms with E-state index in [-0.39, 0.29) is 9.79 Å². The standard InChI is InChI=1S/C12H6F4O2S3/c13-7-1-5(2-8(14)11(7)19)20-6-3-9(15)12(21(17)18)10(16)4-6/h1-4,19H,(H,17,18). The van der Waals surface area contributed by atoms with Gasteiger partial charge < -0.3 is 4.55 Å². The zero-order valence-corrected chi connectivity index (χ0v) is 12.5. The normalized spacial score (nSPS) is 12.5. The Morgan fingerprint density at radius 1 is 0.905 bits per heavy atom. The molecule has 2 nitrogen and oxygen atoms in total. The van der Waals surface area contributed by atoms with Crippen LogP contribution in [-0.4, -0.2) is 8.76 Å². The fourth-order valence-electron chi connectivity index (χ4n) is 1.50. The fraction of sp³-hybridized carbons (Fsp3) is 0. The van der Waals surface area contributed by atoms with Gasteiger partial charge in [0.25, 0.3) is 0 Å². The van der Waals surface area contributed by atoms with Gasteiger partial charge in [-0.25, -0.2) is 21.8 Å². The van der Waals surface area contributed by atoms with Crippen LogP contribution in [0.2, 0.25) is 0 Å². The summed E-state index contributed by atoms with van der Waals surface area (Å²) in [5.41, 5.74) is 0. The summed E-state index contributed by atoms with van der Waals surface area (Å²) in [5.74, 6) is -4.25. The molecule has 0 aliphatic rings. The SMILES string of the molecule is O=S(O)c1c(F)cc(Sc2cc(F)c(S)c(F)c2)cc1F. The summed E-state index contributed by atoms with van der Waals surface area (Å²) in [6.45, 7) is 0. The van der Waals surface area contributed by atoms with Gasteiger partial charge in [0.15, 0.2) is 11.1 Å². The van der Waals surface area contributed by atoms with Gasteiger partial charge in [0.2, 0.25) is 0 Å². The minimum Gasteiger partial charge on any atom is -0.302 e. The Labute approximate surface area is 129 Å². The number of thiol groups is 1. The lowest BCUT2D eigenvalue weighted by molar-refractivity contribution is 0.503. The van der Waals surface area contributed by atoms with Crippen LogP contribution in [0.1, 0.15) is 0 Å². The molecule has 0 bridgehead atoms. The zero-order chi connectivity index (χ0) is 15.7. The first-order chi connectivity index (χ1) is 9.79. The Hall–Kier alpha value is -1.03. The largest absolute Gasteiger partial charge is 0.302 e. The summed E-state index contributed by atoms with van der Waals surface area (Å²) in [6, 6.07) is 3.54. The molecular weight excluding hydrogens is 348 g/mol. The van der Waals surface area contributed by atoms with E-state index in [0.29, 0.717) is 11.8 Å². The molecule has 21 heavy (non-hydrogen) atoms. The predicted molar refractivity (Wildman–Crippen MR) is 73.1 cm³/mol. The quantitative estimate of drug-likeness (QED) is 0.491. The van der Waals surface area contributed by atoms with E-state index in [2.05, 4.69) is 12.6 Å². The van der Waals surface area contributed by atoms with Crippen LogP contribution in [-0.2, 0) is 11.1 Å². The van der Waals surface area contributed by atoms with E-state index in [1.54, 1.807) is 0 Å². The maximum atomic E-state index is 13.5. The molecular formula is C12H6F4O2S3. The number of hydrogen-bond donors (Lipinski definition) is 2. The smallest absolute Gasteiger partial charge is 0.192 e. The lowest BCUT2D eigenvalue weighted by Gasteiger charge is -2.07. The Balaban J connectivity index is 2.39. The van der Waals surface area contributed by atoms with Gasteiger partial charge in [-0.3, -0.25) is 0 Å². The molecule has 1 atom stereocenters. The molecule has 2 aromatic carbocycles. The second-order valence-electron chi connectivity index (χ2n) is 3.80. The third-order valence-electron chi connectivity index (χ3n) is 2.37. The van der Waals surface area contributed by atoms with Gasteiger partial charge in [-0.2, -0.15) is 0 Å². The topological polar surface area (TPSA) is 37.3 Å². The molecule has 0 spiro atoms. The number of halogens is 4. The predicted octanol–water partition coefficient (Wildman–Crippen LogP) is 4.26. The fourth-order valence-corrected chi connectivity index (χ4v) is 3.00. The summed E-state index contributed by atoms with van der Waals surface area (Å²) in [6.07, 6.45) is 0. The van der Waals surface area contributed by atoms with E-state index < -0.39 is 44.1 Å². The van der Waals surface area contributed by atoms with E-state index in [0.717, 1.165) is 24.3 Å². The van der Waals surface area contributed by atoms with Crippen molar-refractivity contribution in [3.63, 3.8) is 0 Å². The average Bonchev–Trinajstić information content (AvgIpc) is 2.34. The van der Waals surface area contributed by atoms with Crippen molar-refractivity contribution in [2.75, 3.05) is 0 Å². The minimum atomic E-state index is -2.81. The van der Waals surface area contributed by atoms with Crippen LogP contribution in [0.25, 0.3) is 0 Å². The molecule has 0 heterocycles. The number of rotatable bonds is 3. The van der Waals surface area contributed by atoms with Gasteiger partial charge in [0.1, 0.15) is 28.2 Å². The van der Waals surface area contributed by atoms with Gasteiger partial charge in [-0.05, 0) is 24.3 Å². The Morgan fingerprint density at radius 2 is 1.29 bits per heavy atom. The first-order valence-electron chi connectivity index (χ1n) is 5.25. The summed E-state index contributed by atoms with van der Waals surface area (Å²) < 4.78 is 73.2. The van der Waals surface area contributed by atoms with Crippen molar-refractivity contribution in [2.45, 2.75) is 19.6 Å². The molecule has 0 amide bonds. The van der Waals surface area contributed by atoms with Crippen LogP contribution < -0.4 is 0 Å². The molecule has 2 rings (SSSR count). The summed E-state index contributed by atoms with van der Waals surface area (Å²) in [7, 11) is 0. The Kier molecular flexibility index (Phi) is 4.97. The minimum absolute atomic E-state index is 0.00934. The highest BCUT2D eigenvalue weighted by molar-refractivity contribution is 7.99. The lowest BCUT2D eigenvalue weighted by atomic mass is 10.3. The third kappa shape index (κ3) is 3.60. The molecule has 1 N–H and O–H groups in total. The van der Waals surface area contributed by atoms with Crippen LogP contribution in [0, 0.1) is 23.3 Å². The van der Waals surface area contributed by atoms with E-state index in [9.17, 15) is 21.8 Å². The van der Waals surface area contributed by atoms with Crippen molar-refractivity contribution >= 4 is 35.5 Å². The molecule has 0 radical (unpaired) electrons. The second kappa shape index (κ2) is 6.39. The van der Waals surface area contributed by atoms with Gasteiger partial charge in [0, 0.05) is 9.79 Å². The highest BCUT2D eigenvalue weighted by atomic mass is 32.2. The first kappa shape index (κ1) is 16.3. The summed E-state index contributed by atoms with van der Waals surface area (Å²) in [5, 5.41) is 0. The van der Waals surface area contributed by atoms with Crippen molar-refractivity contribution < 1.29 is 26.3 Å². The highest BCUT2D eigenvalue weighted by Gasteiger charge is 2.17. The maximum Gasteiger partial charge on any atom is 0.192 e. The van der Waals surface area contributed by atoms with Gasteiger partial charge >= 0.3 is 0 Å². The highest BCUT2D eigenvalue weighted by Crippen LogP contribution is 2.33. The average molecular weight is 354 g/mol. The molecule has 0 fully saturated rings. The number of hydrogen-bond acceptors (Lipinski definition) is 3. The van der Waals surface area contributed by atoms with E-state index >= 15 is 0 Å². The van der Waals surface area contributed by atoms with Crippen molar-refractivity contribution in [1.29, 1.82) is 0 Å². The lowest BCUT2D eigenvalue weighted by Crippen LogP contribution is -1.98. The van der Waals surface area contributed by atoms with Crippen molar-refractivity contribution in [1.82, 2.24) is 0 Å². The maximum absolute atomic E-state index is 13.5. The van der Waals surface area contributed by atoms with Crippen LogP contribution in [0.3, 0.4) is 0 Å². The van der Waals surface area contributed by atoms with Gasteiger partial charge in [0.05, 0.1) is 4.90 Å². The van der Waals surface area contributed by atoms with Crippen LogP contribution in [0.15, 0.2) is 43.8 Å². The molecule has 0 aliphatic carbocycles. The summed E-state index contributed by atoms with van der Waals surface area (Å²) >= 11 is 1.50. The van der Waals surface area contributed by atoms with Crippen molar-refractivity contribution in [3.05, 3.63) is 47.5 Å². The Bertz CT molecular complexity index is 690. The molecule has 112 valence electrons. The van der Waals surface area contributed by atoms with Crippen LogP contribution in [0.5, 0.6) is 0 Å². The van der Waals surface area contributed by atoms with E-state index in [1.807, 2.05) is 0 Å². The summed E-state index contributed by atoms with van der Waals surface area (Å²) in [4.78, 5) is -1.37. The molecule has 0 saturated carbocycles. The molecule has 0 aromatic heterocycles. The van der Waals surface area contributed by atoms with Crippen molar-refractivity contribution in [3.8, 4) is 0 Å². The molecule has 1 unspecified atom stereocenters. The third-order valence-corrected chi connectivity index (χ3v) is 4.48. The van der Waals surface area contributed by atoms with Crippen LogP contribution >= 0.6 is 24.4 Å². The Morgan fingerprint density at radius 3 is 1.67 bits per heavy atom. The zero-order valence-electron chi connectivity index (χ0n) is 9.94. The first-order valence-corrected chi connectivity index (χ1v) is 7.62. The van der Waals surface area contributed by atoms with Crippen molar-refractivity contribution in [2.24, 2.45) is 0 Å². The molecule has 9 heteroatoms. The second-order valence-corrected chi connectivity index (χ2v) is 6.30. The molecule has 2 aromatic rings. The number of benzene rings is 2. The monoisotopic (exact) mass is 354 g/mol. The molecule has 0 saturated heterocycles. The van der Waals surface area contributed by atoms with E-state index in [4.69, 9.17) is 4.55 Å². The molecule has 0 aliphatic heterocycles. The van der Waals surface area contributed by atoms with Gasteiger partial charge in [-0.1, -0.05) is 11.8 Å².